The number of aryl methyl sites for hydroxylation is 2. The van der Waals surface area contributed by atoms with Gasteiger partial charge in [0.25, 0.3) is 0 Å². The standard InChI is InChI=1S/C19H21NO2/c1-14-3-7-16(8-4-14)13-20-19(22)12-11-18(21)17-9-5-15(2)6-10-17/h3-12,19-20,22H,13H2,1-2H3/b12-11+. The van der Waals surface area contributed by atoms with Gasteiger partial charge in [0, 0.05) is 12.1 Å². The van der Waals surface area contributed by atoms with Gasteiger partial charge >= 0.3 is 0 Å². The predicted molar refractivity (Wildman–Crippen MR) is 88.7 cm³/mol. The van der Waals surface area contributed by atoms with Crippen LogP contribution in [0.5, 0.6) is 0 Å². The molecule has 0 fully saturated rings. The molecule has 0 amide bonds. The Morgan fingerprint density at radius 1 is 1.05 bits per heavy atom. The molecule has 0 aliphatic heterocycles. The van der Waals surface area contributed by atoms with E-state index in [9.17, 15) is 9.90 Å². The minimum Gasteiger partial charge on any atom is -0.375 e. The highest BCUT2D eigenvalue weighted by molar-refractivity contribution is 6.04. The molecule has 0 bridgehead atoms. The minimum absolute atomic E-state index is 0.115. The fraction of sp³-hybridized carbons (Fsp3) is 0.211. The summed E-state index contributed by atoms with van der Waals surface area (Å²) in [4.78, 5) is 11.9. The first-order valence-corrected chi connectivity index (χ1v) is 7.31. The summed E-state index contributed by atoms with van der Waals surface area (Å²) in [5, 5.41) is 12.8. The number of carbonyl (C=O) groups excluding carboxylic acids is 1. The van der Waals surface area contributed by atoms with Crippen LogP contribution in [0.1, 0.15) is 27.0 Å². The van der Waals surface area contributed by atoms with Crippen LogP contribution in [-0.2, 0) is 6.54 Å². The number of benzene rings is 2. The van der Waals surface area contributed by atoms with Crippen molar-refractivity contribution >= 4 is 5.78 Å². The van der Waals surface area contributed by atoms with Crippen molar-refractivity contribution in [1.29, 1.82) is 0 Å². The Morgan fingerprint density at radius 2 is 1.59 bits per heavy atom. The number of nitrogens with one attached hydrogen (secondary N) is 1. The molecule has 2 rings (SSSR count). The topological polar surface area (TPSA) is 49.3 Å². The summed E-state index contributed by atoms with van der Waals surface area (Å²) >= 11 is 0. The Hall–Kier alpha value is -2.23. The summed E-state index contributed by atoms with van der Waals surface area (Å²) in [7, 11) is 0. The van der Waals surface area contributed by atoms with E-state index in [0.29, 0.717) is 12.1 Å². The van der Waals surface area contributed by atoms with Crippen molar-refractivity contribution < 1.29 is 9.90 Å². The van der Waals surface area contributed by atoms with Crippen LogP contribution in [-0.4, -0.2) is 17.1 Å². The van der Waals surface area contributed by atoms with Gasteiger partial charge in [0.05, 0.1) is 0 Å². The van der Waals surface area contributed by atoms with Crippen molar-refractivity contribution in [2.75, 3.05) is 0 Å². The summed E-state index contributed by atoms with van der Waals surface area (Å²) < 4.78 is 0. The monoisotopic (exact) mass is 295 g/mol. The third-order valence-corrected chi connectivity index (χ3v) is 3.40. The first-order chi connectivity index (χ1) is 10.5. The third kappa shape index (κ3) is 4.95. The van der Waals surface area contributed by atoms with Crippen molar-refractivity contribution in [3.63, 3.8) is 0 Å². The number of allylic oxidation sites excluding steroid dienone is 1. The second-order valence-electron chi connectivity index (χ2n) is 5.40. The van der Waals surface area contributed by atoms with Crippen molar-refractivity contribution in [3.8, 4) is 0 Å². The SMILES string of the molecule is Cc1ccc(CNC(O)/C=C/C(=O)c2ccc(C)cc2)cc1. The minimum atomic E-state index is -0.851. The molecule has 1 unspecified atom stereocenters. The molecule has 0 spiro atoms. The van der Waals surface area contributed by atoms with E-state index >= 15 is 0 Å². The molecule has 0 aromatic heterocycles. The smallest absolute Gasteiger partial charge is 0.185 e. The van der Waals surface area contributed by atoms with Crippen molar-refractivity contribution in [1.82, 2.24) is 5.32 Å². The Kier molecular flexibility index (Phi) is 5.64. The summed E-state index contributed by atoms with van der Waals surface area (Å²) in [6.07, 6.45) is 2.02. The number of hydrogen-bond donors (Lipinski definition) is 2. The van der Waals surface area contributed by atoms with Crippen molar-refractivity contribution in [3.05, 3.63) is 82.9 Å². The maximum Gasteiger partial charge on any atom is 0.185 e. The van der Waals surface area contributed by atoms with Gasteiger partial charge in [-0.2, -0.15) is 0 Å². The number of hydrogen-bond acceptors (Lipinski definition) is 3. The number of carbonyl (C=O) groups is 1. The van der Waals surface area contributed by atoms with E-state index in [4.69, 9.17) is 0 Å². The Balaban J connectivity index is 1.85. The van der Waals surface area contributed by atoms with E-state index in [2.05, 4.69) is 5.32 Å². The molecule has 3 heteroatoms. The highest BCUT2D eigenvalue weighted by Crippen LogP contribution is 2.05. The zero-order chi connectivity index (χ0) is 15.9. The number of aliphatic hydroxyl groups is 1. The molecule has 0 aliphatic carbocycles. The zero-order valence-corrected chi connectivity index (χ0v) is 12.9. The van der Waals surface area contributed by atoms with Gasteiger partial charge in [-0.15, -0.1) is 0 Å². The fourth-order valence-electron chi connectivity index (χ4n) is 1.99. The van der Waals surface area contributed by atoms with Gasteiger partial charge in [0.2, 0.25) is 0 Å². The van der Waals surface area contributed by atoms with E-state index in [-0.39, 0.29) is 5.78 Å². The first-order valence-electron chi connectivity index (χ1n) is 7.31. The average Bonchev–Trinajstić information content (AvgIpc) is 2.52. The number of rotatable bonds is 6. The van der Waals surface area contributed by atoms with Gasteiger partial charge in [0.1, 0.15) is 6.23 Å². The molecule has 2 N–H and O–H groups in total. The van der Waals surface area contributed by atoms with Crippen LogP contribution in [0.25, 0.3) is 0 Å². The van der Waals surface area contributed by atoms with E-state index < -0.39 is 6.23 Å². The molecule has 1 atom stereocenters. The van der Waals surface area contributed by atoms with E-state index in [0.717, 1.165) is 11.1 Å². The van der Waals surface area contributed by atoms with Crippen LogP contribution in [0.4, 0.5) is 0 Å². The molecule has 0 saturated heterocycles. The lowest BCUT2D eigenvalue weighted by atomic mass is 10.1. The molecule has 0 saturated carbocycles. The third-order valence-electron chi connectivity index (χ3n) is 3.40. The van der Waals surface area contributed by atoms with E-state index in [1.165, 1.54) is 17.7 Å². The fourth-order valence-corrected chi connectivity index (χ4v) is 1.99. The van der Waals surface area contributed by atoms with Crippen molar-refractivity contribution in [2.24, 2.45) is 0 Å². The van der Waals surface area contributed by atoms with Crippen LogP contribution in [0.2, 0.25) is 0 Å². The Bertz CT molecular complexity index is 642. The largest absolute Gasteiger partial charge is 0.375 e. The second kappa shape index (κ2) is 7.69. The Morgan fingerprint density at radius 3 is 2.18 bits per heavy atom. The van der Waals surface area contributed by atoms with Crippen LogP contribution >= 0.6 is 0 Å². The summed E-state index contributed by atoms with van der Waals surface area (Å²) in [5.41, 5.74) is 4.02. The van der Waals surface area contributed by atoms with Crippen LogP contribution in [0.3, 0.4) is 0 Å². The second-order valence-corrected chi connectivity index (χ2v) is 5.40. The lowest BCUT2D eigenvalue weighted by Crippen LogP contribution is -2.26. The van der Waals surface area contributed by atoms with Gasteiger partial charge in [-0.25, -0.2) is 0 Å². The van der Waals surface area contributed by atoms with Crippen molar-refractivity contribution in [2.45, 2.75) is 26.6 Å². The maximum atomic E-state index is 11.9. The van der Waals surface area contributed by atoms with Gasteiger partial charge in [0.15, 0.2) is 5.78 Å². The molecule has 2 aromatic carbocycles. The van der Waals surface area contributed by atoms with E-state index in [1.807, 2.05) is 50.2 Å². The summed E-state index contributed by atoms with van der Waals surface area (Å²) in [6, 6.07) is 15.4. The van der Waals surface area contributed by atoms with E-state index in [1.54, 1.807) is 12.1 Å². The normalized spacial score (nSPS) is 12.5. The molecule has 3 nitrogen and oxygen atoms in total. The van der Waals surface area contributed by atoms with Gasteiger partial charge in [-0.1, -0.05) is 59.7 Å². The molecule has 0 heterocycles. The molecule has 2 aromatic rings. The number of ketones is 1. The molecule has 0 radical (unpaired) electrons. The van der Waals surface area contributed by atoms with Gasteiger partial charge in [-0.3, -0.25) is 10.1 Å². The highest BCUT2D eigenvalue weighted by Gasteiger charge is 2.03. The van der Waals surface area contributed by atoms with Crippen LogP contribution in [0.15, 0.2) is 60.7 Å². The van der Waals surface area contributed by atoms with Gasteiger partial charge < -0.3 is 5.11 Å². The molecule has 22 heavy (non-hydrogen) atoms. The van der Waals surface area contributed by atoms with Crippen LogP contribution in [0, 0.1) is 13.8 Å². The zero-order valence-electron chi connectivity index (χ0n) is 12.9. The first kappa shape index (κ1) is 16.1. The summed E-state index contributed by atoms with van der Waals surface area (Å²) in [5.74, 6) is -0.115. The maximum absolute atomic E-state index is 11.9. The lowest BCUT2D eigenvalue weighted by Gasteiger charge is -2.08. The molecule has 114 valence electrons. The molecular weight excluding hydrogens is 274 g/mol. The molecule has 0 aliphatic rings. The quantitative estimate of drug-likeness (QED) is 0.489. The lowest BCUT2D eigenvalue weighted by molar-refractivity contribution is 0.104. The number of aliphatic hydroxyl groups excluding tert-OH is 1. The Labute approximate surface area is 131 Å². The average molecular weight is 295 g/mol. The predicted octanol–water partition coefficient (Wildman–Crippen LogP) is 3.15. The van der Waals surface area contributed by atoms with Gasteiger partial charge in [-0.05, 0) is 31.6 Å². The van der Waals surface area contributed by atoms with Crippen LogP contribution < -0.4 is 5.32 Å². The highest BCUT2D eigenvalue weighted by atomic mass is 16.3. The molecular formula is C19H21NO2. The summed E-state index contributed by atoms with van der Waals surface area (Å²) in [6.45, 7) is 4.55.